The van der Waals surface area contributed by atoms with Crippen LogP contribution in [0.5, 0.6) is 5.75 Å². The zero-order valence-corrected chi connectivity index (χ0v) is 17.4. The van der Waals surface area contributed by atoms with Gasteiger partial charge in [0.15, 0.2) is 17.4 Å². The molecule has 32 heavy (non-hydrogen) atoms. The van der Waals surface area contributed by atoms with Gasteiger partial charge in [0.2, 0.25) is 16.2 Å². The molecule has 0 radical (unpaired) electrons. The van der Waals surface area contributed by atoms with E-state index in [-0.39, 0.29) is 6.42 Å². The van der Waals surface area contributed by atoms with Crippen LogP contribution >= 0.6 is 0 Å². The number of sulfone groups is 2. The van der Waals surface area contributed by atoms with E-state index in [0.29, 0.717) is 19.3 Å². The summed E-state index contributed by atoms with van der Waals surface area (Å²) in [5.74, 6) is -13.6. The fourth-order valence-corrected chi connectivity index (χ4v) is 5.89. The van der Waals surface area contributed by atoms with E-state index in [1.165, 1.54) is 0 Å². The van der Waals surface area contributed by atoms with Gasteiger partial charge in [0, 0.05) is 0 Å². The van der Waals surface area contributed by atoms with Gasteiger partial charge < -0.3 is 4.74 Å². The topological polar surface area (TPSA) is 77.5 Å². The van der Waals surface area contributed by atoms with Crippen molar-refractivity contribution in [1.29, 1.82) is 0 Å². The maximum atomic E-state index is 14.3. The fourth-order valence-electron chi connectivity index (χ4n) is 2.39. The van der Waals surface area contributed by atoms with Crippen LogP contribution in [-0.4, -0.2) is 34.5 Å². The lowest BCUT2D eigenvalue weighted by Crippen LogP contribution is -2.40. The Morgan fingerprint density at radius 2 is 1.12 bits per heavy atom. The molecule has 0 aliphatic carbocycles. The number of unbranched alkanes of at least 4 members (excludes halogenated alkanes) is 3. The van der Waals surface area contributed by atoms with E-state index in [0.717, 1.165) is 0 Å². The Kier molecular flexibility index (Phi) is 8.48. The minimum atomic E-state index is -7.61. The van der Waals surface area contributed by atoms with E-state index in [9.17, 15) is 60.7 Å². The highest BCUT2D eigenvalue weighted by atomic mass is 32.3. The molecule has 0 amide bonds. The van der Waals surface area contributed by atoms with Crippen molar-refractivity contribution in [3.8, 4) is 5.75 Å². The van der Waals surface area contributed by atoms with Crippen LogP contribution in [0.25, 0.3) is 0 Å². The third-order valence-corrected chi connectivity index (χ3v) is 8.36. The highest BCUT2D eigenvalue weighted by molar-refractivity contribution is 8.09. The molecule has 17 heteroatoms. The summed E-state index contributed by atoms with van der Waals surface area (Å²) in [5.41, 5.74) is -16.8. The average molecular weight is 528 g/mol. The van der Waals surface area contributed by atoms with Gasteiger partial charge in [-0.2, -0.15) is 35.1 Å². The van der Waals surface area contributed by atoms with Crippen LogP contribution in [-0.2, 0) is 19.7 Å². The Labute approximate surface area is 175 Å². The second-order valence-electron chi connectivity index (χ2n) is 6.22. The van der Waals surface area contributed by atoms with Crippen molar-refractivity contribution in [1.82, 2.24) is 0 Å². The summed E-state index contributed by atoms with van der Waals surface area (Å²) in [6.45, 7) is 1.20. The van der Waals surface area contributed by atoms with E-state index in [4.69, 9.17) is 0 Å². The van der Waals surface area contributed by atoms with Crippen molar-refractivity contribution >= 4 is 19.7 Å². The summed E-state index contributed by atoms with van der Waals surface area (Å²) < 4.78 is 179. The molecule has 5 nitrogen and oxygen atoms in total. The first-order valence-corrected chi connectivity index (χ1v) is 11.5. The lowest BCUT2D eigenvalue weighted by Gasteiger charge is -2.23. The van der Waals surface area contributed by atoms with E-state index in [1.807, 2.05) is 0 Å². The van der Waals surface area contributed by atoms with Gasteiger partial charge >= 0.3 is 11.0 Å². The van der Waals surface area contributed by atoms with Gasteiger partial charge in [-0.1, -0.05) is 26.2 Å². The van der Waals surface area contributed by atoms with E-state index >= 15 is 0 Å². The molecule has 0 saturated carbocycles. The number of hydrogen-bond donors (Lipinski definition) is 0. The van der Waals surface area contributed by atoms with Crippen LogP contribution in [0.1, 0.15) is 42.8 Å². The molecule has 0 aliphatic heterocycles. The van der Waals surface area contributed by atoms with Gasteiger partial charge in [0.05, 0.1) is 12.2 Å². The number of ether oxygens (including phenoxy) is 1. The smallest absolute Gasteiger partial charge is 0.487 e. The number of hydrogen-bond acceptors (Lipinski definition) is 5. The minimum absolute atomic E-state index is 0.0746. The molecule has 0 aliphatic rings. The SMILES string of the molecule is CCCCCCOc1c(F)c(F)c(C(S(=O)(=O)C(F)(F)F)S(=O)(=O)C(F)(F)F)c(F)c1F. The maximum absolute atomic E-state index is 14.3. The summed E-state index contributed by atoms with van der Waals surface area (Å²) in [4.78, 5) is 0. The van der Waals surface area contributed by atoms with Gasteiger partial charge in [-0.15, -0.1) is 0 Å². The molecular formula is C15H14F10O5S2. The highest BCUT2D eigenvalue weighted by Crippen LogP contribution is 2.47. The van der Waals surface area contributed by atoms with Gasteiger partial charge in [-0.25, -0.2) is 25.6 Å². The molecule has 0 atom stereocenters. The van der Waals surface area contributed by atoms with Crippen LogP contribution in [0.4, 0.5) is 43.9 Å². The zero-order chi connectivity index (χ0) is 25.3. The minimum Gasteiger partial charge on any atom is -0.487 e. The third-order valence-electron chi connectivity index (χ3n) is 3.95. The first kappa shape index (κ1) is 28.3. The number of halogens is 10. The Hall–Kier alpha value is -1.78. The molecule has 1 aromatic rings. The molecule has 0 unspecified atom stereocenters. The highest BCUT2D eigenvalue weighted by Gasteiger charge is 2.65. The van der Waals surface area contributed by atoms with E-state index in [1.54, 1.807) is 6.92 Å². The molecule has 0 spiro atoms. The van der Waals surface area contributed by atoms with Gasteiger partial charge in [0.1, 0.15) is 0 Å². The monoisotopic (exact) mass is 528 g/mol. The summed E-state index contributed by atoms with van der Waals surface area (Å²) in [6, 6.07) is 0. The Balaban J connectivity index is 3.81. The normalized spacial score (nSPS) is 13.6. The molecule has 0 N–H and O–H groups in total. The molecule has 0 saturated heterocycles. The first-order valence-electron chi connectivity index (χ1n) is 8.42. The molecular weight excluding hydrogens is 514 g/mol. The Bertz CT molecular complexity index is 973. The van der Waals surface area contributed by atoms with Crippen LogP contribution in [0, 0.1) is 23.3 Å². The molecule has 1 aromatic carbocycles. The van der Waals surface area contributed by atoms with Crippen molar-refractivity contribution in [2.75, 3.05) is 6.61 Å². The first-order chi connectivity index (χ1) is 14.3. The number of alkyl halides is 6. The van der Waals surface area contributed by atoms with Gasteiger partial charge in [-0.05, 0) is 6.42 Å². The molecule has 0 heterocycles. The van der Waals surface area contributed by atoms with Gasteiger partial charge in [0.25, 0.3) is 19.7 Å². The van der Waals surface area contributed by atoms with Gasteiger partial charge in [-0.3, -0.25) is 0 Å². The molecule has 0 bridgehead atoms. The Morgan fingerprint density at radius 3 is 1.47 bits per heavy atom. The van der Waals surface area contributed by atoms with Crippen LogP contribution in [0.3, 0.4) is 0 Å². The number of benzene rings is 1. The second-order valence-corrected chi connectivity index (χ2v) is 10.6. The number of rotatable bonds is 9. The standard InChI is InChI=1S/C15H14F10O5S2/c1-2-3-4-5-6-30-12-10(18)8(16)7(9(17)11(12)19)13(31(26,27)14(20,21)22)32(28,29)15(23,24)25/h13H,2-6H2,1H3. The molecule has 0 aromatic heterocycles. The molecule has 0 fully saturated rings. The van der Waals surface area contributed by atoms with Crippen LogP contribution in [0.2, 0.25) is 0 Å². The zero-order valence-electron chi connectivity index (χ0n) is 15.8. The summed E-state index contributed by atoms with van der Waals surface area (Å²) in [5, 5.41) is 0. The maximum Gasteiger partial charge on any atom is 0.499 e. The fraction of sp³-hybridized carbons (Fsp3) is 0.600. The average Bonchev–Trinajstić information content (AvgIpc) is 2.63. The quantitative estimate of drug-likeness (QED) is 0.254. The van der Waals surface area contributed by atoms with E-state index in [2.05, 4.69) is 4.74 Å². The van der Waals surface area contributed by atoms with Crippen molar-refractivity contribution in [3.05, 3.63) is 28.8 Å². The Morgan fingerprint density at radius 1 is 0.719 bits per heavy atom. The molecule has 1 rings (SSSR count). The summed E-state index contributed by atoms with van der Waals surface area (Å²) >= 11 is 0. The van der Waals surface area contributed by atoms with Crippen LogP contribution < -0.4 is 4.74 Å². The van der Waals surface area contributed by atoms with Crippen molar-refractivity contribution in [2.24, 2.45) is 0 Å². The second kappa shape index (κ2) is 9.61. The lowest BCUT2D eigenvalue weighted by molar-refractivity contribution is -0.0473. The van der Waals surface area contributed by atoms with E-state index < -0.39 is 76.5 Å². The largest absolute Gasteiger partial charge is 0.499 e. The predicted molar refractivity (Wildman–Crippen MR) is 88.6 cm³/mol. The molecule has 186 valence electrons. The lowest BCUT2D eigenvalue weighted by atomic mass is 10.2. The van der Waals surface area contributed by atoms with Crippen molar-refractivity contribution in [3.63, 3.8) is 0 Å². The third kappa shape index (κ3) is 5.23. The van der Waals surface area contributed by atoms with Crippen molar-refractivity contribution in [2.45, 2.75) is 48.2 Å². The summed E-state index contributed by atoms with van der Waals surface area (Å²) in [7, 11) is -15.2. The van der Waals surface area contributed by atoms with Crippen LogP contribution in [0.15, 0.2) is 0 Å². The predicted octanol–water partition coefficient (Wildman–Crippen LogP) is 5.07. The van der Waals surface area contributed by atoms with Crippen molar-refractivity contribution < 1.29 is 65.5 Å². The summed E-state index contributed by atoms with van der Waals surface area (Å²) in [6.07, 6.45) is 1.80.